The molecule has 1 aliphatic rings. The molecule has 43 atom stereocenters. The summed E-state index contributed by atoms with van der Waals surface area (Å²) in [6.45, 7) is -9.28. The van der Waals surface area contributed by atoms with E-state index >= 15 is 0 Å². The van der Waals surface area contributed by atoms with Crippen LogP contribution in [0.15, 0.2) is 70.2 Å². The second kappa shape index (κ2) is 68.5. The summed E-state index contributed by atoms with van der Waals surface area (Å²) in [5, 5.41) is 6.64. The van der Waals surface area contributed by atoms with Gasteiger partial charge in [0.05, 0.1) is 28.6 Å². The summed E-state index contributed by atoms with van der Waals surface area (Å²) in [5.41, 5.74) is 10.1. The number of sulfone groups is 1. The zero-order valence-corrected chi connectivity index (χ0v) is 133. The van der Waals surface area contributed by atoms with Gasteiger partial charge in [0, 0.05) is 36.9 Å². The van der Waals surface area contributed by atoms with Crippen LogP contribution in [-0.4, -0.2) is 55.2 Å². The molecule has 3 heterocycles. The molecule has 4 aromatic rings. The summed E-state index contributed by atoms with van der Waals surface area (Å²) >= 11 is 0. The number of nitrogens with two attached hydrogens (primary N) is 1. The quantitative estimate of drug-likeness (QED) is 0.0328. The molecule has 2 aromatic heterocycles. The first kappa shape index (κ1) is 130. The third-order valence-electron chi connectivity index (χ3n) is 12.6. The Kier molecular flexibility index (Phi) is 81.0. The minimum Gasteiger partial charge on any atom is -0.382 e. The van der Waals surface area contributed by atoms with Gasteiger partial charge in [-0.3, -0.25) is 0 Å². The van der Waals surface area contributed by atoms with Crippen LogP contribution in [0, 0.1) is 0 Å². The van der Waals surface area contributed by atoms with Crippen LogP contribution < -0.4 is 11.1 Å². The Hall–Kier alpha value is 27.7. The zero-order valence-electron chi connectivity index (χ0n) is 57.4. The van der Waals surface area contributed by atoms with E-state index in [0.717, 1.165) is 19.1 Å². The largest absolute Gasteiger partial charge is 0.382 e. The number of rotatable bonds is 44. The molecule has 0 aliphatic carbocycles. The van der Waals surface area contributed by atoms with E-state index in [2.05, 4.69) is 351 Å². The molecule has 2 aromatic carbocycles. The summed E-state index contributed by atoms with van der Waals surface area (Å²) in [6.07, 6.45) is 2.03. The van der Waals surface area contributed by atoms with Crippen LogP contribution in [0.3, 0.4) is 0 Å². The fourth-order valence-electron chi connectivity index (χ4n) is 8.51. The van der Waals surface area contributed by atoms with Crippen molar-refractivity contribution < 1.29 is 22.1 Å². The van der Waals surface area contributed by atoms with Gasteiger partial charge in [0.25, 0.3) is 0 Å². The lowest BCUT2D eigenvalue weighted by Gasteiger charge is -2.62. The Labute approximate surface area is 785 Å². The molecule has 0 bridgehead atoms. The summed E-state index contributed by atoms with van der Waals surface area (Å²) in [5.74, 6) is 0.539. The maximum absolute atomic E-state index is 12.8. The minimum absolute atomic E-state index is 0.182. The lowest BCUT2D eigenvalue weighted by Crippen LogP contribution is -2.21. The van der Waals surface area contributed by atoms with Gasteiger partial charge in [-0.25, -0.2) is 22.8 Å². The van der Waals surface area contributed by atoms with E-state index in [0.29, 0.717) is 54.5 Å². The SMILES string of the molecule is Nc1ncc(-c2ccc(S(=O)(=O)C3CCOC3)cc2)nc1-c1cc(-c2ccc(CNCCF)cc2)no1.PPP(P(P)P)P(P(P)P)P(P(P(P(P)P)P(P)P)P(P(P)P)P(P)P)P(P(P(P(P)P)P(P)P)P(P(P)P)P(P)P)P(P(P(P(P)P)P(P)P)P(P(P)P)P(P)P)P(P(P(P)P)P(P)P)P(P(P)P)P(P)P. The Morgan fingerprint density at radius 3 is 1.04 bits per heavy atom. The fourth-order valence-corrected chi connectivity index (χ4v) is 1080. The molecule has 5 rings (SSSR count). The number of nitrogen functional groups attached to an aromatic ring is 1. The standard InChI is InChI=1S/C26H26FN5O4S.H75P73/c27-10-11-29-14-17-1-3-18(4-2-17)22-13-24(36-32-22)25-26(28)30-15-23(31-25)19-5-7-20(8-6-19)37(33,34)21-9-12-35-16-21;1-38-57(39(2)3)66(56(36)37)71(67(58(40(4)5)41(6)7)59(42(8)9)43(10)11)73(70(64(52(28)29)53(30)31)65(54(32)33)55(34)35)72(68(60(44(12)13)45(14)15)61(46(16)17)47(18)19)69(62(48(20)21)49(22)23)63(50(24)25)51(26)27/h1-8,13,15,21,29H,9-12,14,16H2,(H2,28,30);38H,1-37H2. The first-order chi connectivity index (χ1) is 51.2. The van der Waals surface area contributed by atoms with Gasteiger partial charge in [-0.2, -0.15) is 0 Å². The van der Waals surface area contributed by atoms with Gasteiger partial charge in [0.15, 0.2) is 27.1 Å². The lowest BCUT2D eigenvalue weighted by molar-refractivity contribution is 0.198. The molecular weight excluding hydrogens is 2760 g/mol. The summed E-state index contributed by atoms with van der Waals surface area (Å²) in [7, 11) is 132. The molecule has 0 radical (unpaired) electrons. The number of benzene rings is 2. The van der Waals surface area contributed by atoms with E-state index in [1.54, 1.807) is 30.3 Å². The summed E-state index contributed by atoms with van der Waals surface area (Å²) < 4.78 is 48.6. The first-order valence-corrected chi connectivity index (χ1v) is 163. The number of halogens is 1. The number of hydrogen-bond donors (Lipinski definition) is 2. The molecule has 0 spiro atoms. The van der Waals surface area contributed by atoms with Crippen LogP contribution >= 0.6 is 583 Å². The van der Waals surface area contributed by atoms with E-state index in [4.69, 9.17) is 15.0 Å². The van der Waals surface area contributed by atoms with Gasteiger partial charge in [0.1, 0.15) is 12.4 Å². The van der Waals surface area contributed by atoms with Gasteiger partial charge < -0.3 is 20.3 Å². The Balaban J connectivity index is 0.000000567. The number of hydrogen-bond acceptors (Lipinski definition) is 9. The van der Waals surface area contributed by atoms with Crippen molar-refractivity contribution >= 4 is 599 Å². The number of nitrogens with one attached hydrogen (secondary N) is 1. The summed E-state index contributed by atoms with van der Waals surface area (Å²) in [4.78, 5) is 9.12. The molecular formula is C26H101FN5O4P73S. The van der Waals surface area contributed by atoms with Crippen LogP contribution in [0.5, 0.6) is 0 Å². The van der Waals surface area contributed by atoms with Crippen molar-refractivity contribution in [1.82, 2.24) is 20.4 Å². The third kappa shape index (κ3) is 41.5. The Morgan fingerprint density at radius 1 is 0.436 bits per heavy atom. The molecule has 632 valence electrons. The van der Waals surface area contributed by atoms with Crippen LogP contribution in [-0.2, 0) is 21.1 Å². The molecule has 0 saturated carbocycles. The molecule has 0 amide bonds. The van der Waals surface area contributed by atoms with E-state index in [-0.39, 0.29) is 262 Å². The topological polar surface area (TPSA) is 133 Å². The minimum atomic E-state index is -3.45. The Bertz CT molecular complexity index is 3210. The van der Waals surface area contributed by atoms with Gasteiger partial charge >= 0.3 is 0 Å². The fraction of sp³-hybridized carbons (Fsp3) is 0.269. The van der Waals surface area contributed by atoms with Crippen molar-refractivity contribution in [3.63, 3.8) is 0 Å². The predicted molar refractivity (Wildman–Crippen MR) is 747 cm³/mol. The molecule has 84 heteroatoms. The molecule has 9 nitrogen and oxygen atoms in total. The maximum Gasteiger partial charge on any atom is 0.189 e. The van der Waals surface area contributed by atoms with Crippen molar-refractivity contribution in [2.24, 2.45) is 0 Å². The third-order valence-corrected chi connectivity index (χ3v) is 528. The number of nitrogens with zero attached hydrogens (tertiary/aromatic N) is 3. The second-order valence-corrected chi connectivity index (χ2v) is 323. The lowest BCUT2D eigenvalue weighted by atomic mass is 10.1. The molecule has 110 heavy (non-hydrogen) atoms. The van der Waals surface area contributed by atoms with Crippen LogP contribution in [0.25, 0.3) is 34.0 Å². The Morgan fingerprint density at radius 2 is 0.745 bits per heavy atom. The van der Waals surface area contributed by atoms with Crippen molar-refractivity contribution in [2.75, 3.05) is 32.2 Å². The smallest absolute Gasteiger partial charge is 0.189 e. The number of ether oxygens (including phenoxy) is 1. The van der Waals surface area contributed by atoms with Crippen molar-refractivity contribution in [3.05, 3.63) is 66.4 Å². The van der Waals surface area contributed by atoms with E-state index in [1.165, 1.54) is 6.20 Å². The number of aromatic nitrogens is 3. The van der Waals surface area contributed by atoms with E-state index in [1.807, 2.05) is 24.3 Å². The zero-order chi connectivity index (χ0) is 83.7. The first-order valence-electron chi connectivity index (χ1n) is 28.4. The average molecular weight is 2860 g/mol. The van der Waals surface area contributed by atoms with Crippen LogP contribution in [0.1, 0.15) is 12.0 Å². The molecule has 1 saturated heterocycles. The molecule has 43 unspecified atom stereocenters. The van der Waals surface area contributed by atoms with Crippen LogP contribution in [0.4, 0.5) is 10.2 Å². The monoisotopic (exact) mass is 2860 g/mol. The van der Waals surface area contributed by atoms with Crippen molar-refractivity contribution in [1.29, 1.82) is 0 Å². The average Bonchev–Trinajstić information content (AvgIpc) is 0.855. The highest BCUT2D eigenvalue weighted by Crippen LogP contribution is 3.51. The van der Waals surface area contributed by atoms with Gasteiger partial charge in [-0.1, -0.05) is 49.5 Å². The van der Waals surface area contributed by atoms with Gasteiger partial charge in [-0.05, 0) is 269 Å². The van der Waals surface area contributed by atoms with Crippen molar-refractivity contribution in [3.8, 4) is 34.0 Å². The maximum atomic E-state index is 12.8. The highest BCUT2D eigenvalue weighted by molar-refractivity contribution is 9.57. The highest BCUT2D eigenvalue weighted by Gasteiger charge is 2.64. The molecule has 1 fully saturated rings. The van der Waals surface area contributed by atoms with Gasteiger partial charge in [-0.15, -0.1) is 330 Å². The molecule has 3 N–H and O–H groups in total. The number of anilines is 1. The van der Waals surface area contributed by atoms with Crippen molar-refractivity contribution in [2.45, 2.75) is 23.1 Å². The van der Waals surface area contributed by atoms with E-state index in [9.17, 15) is 12.8 Å². The summed E-state index contributed by atoms with van der Waals surface area (Å²) in [6, 6.07) is 16.0. The van der Waals surface area contributed by atoms with Gasteiger partial charge in [0.2, 0.25) is 0 Å². The highest BCUT2D eigenvalue weighted by atomic mass is 33.6. The van der Waals surface area contributed by atoms with Crippen LogP contribution in [0.2, 0.25) is 0 Å². The molecule has 1 aliphatic heterocycles. The normalized spacial score (nSPS) is 16.1. The number of alkyl halides is 1. The second-order valence-electron chi connectivity index (χ2n) is 20.2. The van der Waals surface area contributed by atoms with E-state index < -0.39 is 21.8 Å². The predicted octanol–water partition coefficient (Wildman–Crippen LogP) is 46.5.